The summed E-state index contributed by atoms with van der Waals surface area (Å²) in [6.07, 6.45) is 2.58. The normalized spacial score (nSPS) is 15.7. The summed E-state index contributed by atoms with van der Waals surface area (Å²) in [6, 6.07) is 13.8. The lowest BCUT2D eigenvalue weighted by molar-refractivity contribution is -0.384. The van der Waals surface area contributed by atoms with Crippen molar-refractivity contribution in [2.75, 3.05) is 19.6 Å². The average molecular weight is 373 g/mol. The van der Waals surface area contributed by atoms with Crippen molar-refractivity contribution in [1.82, 2.24) is 4.90 Å². The van der Waals surface area contributed by atoms with E-state index < -0.39 is 0 Å². The fourth-order valence-corrected chi connectivity index (χ4v) is 3.47. The van der Waals surface area contributed by atoms with E-state index in [2.05, 4.69) is 4.90 Å². The van der Waals surface area contributed by atoms with Gasteiger partial charge in [-0.15, -0.1) is 0 Å². The predicted molar refractivity (Wildman–Crippen MR) is 102 cm³/mol. The van der Waals surface area contributed by atoms with Crippen LogP contribution in [0.2, 0.25) is 5.02 Å². The van der Waals surface area contributed by atoms with Crippen LogP contribution in [0.3, 0.4) is 0 Å². The maximum Gasteiger partial charge on any atom is 0.269 e. The van der Waals surface area contributed by atoms with E-state index in [1.165, 1.54) is 0 Å². The summed E-state index contributed by atoms with van der Waals surface area (Å²) in [4.78, 5) is 25.2. The molecule has 0 aromatic heterocycles. The van der Waals surface area contributed by atoms with Crippen LogP contribution < -0.4 is 0 Å². The molecule has 1 saturated heterocycles. The third-order valence-corrected chi connectivity index (χ3v) is 5.20. The molecule has 136 valence electrons. The van der Waals surface area contributed by atoms with Crippen LogP contribution in [-0.4, -0.2) is 35.2 Å². The monoisotopic (exact) mass is 372 g/mol. The maximum absolute atomic E-state index is 12.6. The molecule has 26 heavy (non-hydrogen) atoms. The van der Waals surface area contributed by atoms with Crippen molar-refractivity contribution in [3.8, 4) is 0 Å². The molecule has 0 bridgehead atoms. The standard InChI is InChI=1S/C20H21ClN2O3/c21-18-5-3-16(4-6-18)20(24)17-10-13-22(14-11-17)12-9-15-1-7-19(8-2-15)23(25)26/h1-8,17H,9-14H2. The molecular weight excluding hydrogens is 352 g/mol. The van der Waals surface area contributed by atoms with Gasteiger partial charge in [-0.3, -0.25) is 14.9 Å². The van der Waals surface area contributed by atoms with Crippen LogP contribution in [0, 0.1) is 16.0 Å². The molecule has 0 aliphatic carbocycles. The Kier molecular flexibility index (Phi) is 6.01. The molecule has 6 heteroatoms. The summed E-state index contributed by atoms with van der Waals surface area (Å²) < 4.78 is 0. The van der Waals surface area contributed by atoms with E-state index in [9.17, 15) is 14.9 Å². The molecule has 0 N–H and O–H groups in total. The van der Waals surface area contributed by atoms with E-state index >= 15 is 0 Å². The van der Waals surface area contributed by atoms with Crippen molar-refractivity contribution in [2.45, 2.75) is 19.3 Å². The first-order valence-electron chi connectivity index (χ1n) is 8.78. The number of piperidine rings is 1. The minimum absolute atomic E-state index is 0.0757. The quantitative estimate of drug-likeness (QED) is 0.428. The van der Waals surface area contributed by atoms with Crippen molar-refractivity contribution in [3.05, 3.63) is 74.8 Å². The topological polar surface area (TPSA) is 63.5 Å². The van der Waals surface area contributed by atoms with Crippen LogP contribution in [0.1, 0.15) is 28.8 Å². The minimum atomic E-state index is -0.383. The number of nitrogens with zero attached hydrogens (tertiary/aromatic N) is 2. The fraction of sp³-hybridized carbons (Fsp3) is 0.350. The second-order valence-corrected chi connectivity index (χ2v) is 7.10. The zero-order valence-electron chi connectivity index (χ0n) is 14.4. The van der Waals surface area contributed by atoms with Gasteiger partial charge in [-0.1, -0.05) is 23.7 Å². The summed E-state index contributed by atoms with van der Waals surface area (Å²) in [7, 11) is 0. The van der Waals surface area contributed by atoms with Gasteiger partial charge in [-0.05, 0) is 62.2 Å². The number of nitro groups is 1. The molecule has 0 saturated carbocycles. The van der Waals surface area contributed by atoms with E-state index in [-0.39, 0.29) is 22.3 Å². The van der Waals surface area contributed by atoms with Gasteiger partial charge < -0.3 is 4.90 Å². The highest BCUT2D eigenvalue weighted by Gasteiger charge is 2.25. The van der Waals surface area contributed by atoms with Crippen LogP contribution in [0.5, 0.6) is 0 Å². The smallest absolute Gasteiger partial charge is 0.269 e. The van der Waals surface area contributed by atoms with Gasteiger partial charge in [0.2, 0.25) is 0 Å². The number of hydrogen-bond acceptors (Lipinski definition) is 4. The summed E-state index contributed by atoms with van der Waals surface area (Å²) in [5.41, 5.74) is 1.95. The Balaban J connectivity index is 1.47. The molecule has 1 aliphatic heterocycles. The number of carbonyl (C=O) groups is 1. The molecule has 0 radical (unpaired) electrons. The molecule has 2 aromatic carbocycles. The van der Waals surface area contributed by atoms with Crippen molar-refractivity contribution >= 4 is 23.1 Å². The first kappa shape index (κ1) is 18.5. The summed E-state index contributed by atoms with van der Waals surface area (Å²) in [5, 5.41) is 11.3. The zero-order valence-corrected chi connectivity index (χ0v) is 15.2. The van der Waals surface area contributed by atoms with Gasteiger partial charge in [0, 0.05) is 35.2 Å². The average Bonchev–Trinajstić information content (AvgIpc) is 2.67. The first-order chi connectivity index (χ1) is 12.5. The van der Waals surface area contributed by atoms with Gasteiger partial charge >= 0.3 is 0 Å². The number of rotatable bonds is 6. The number of likely N-dealkylation sites (tertiary alicyclic amines) is 1. The Labute approximate surface area is 157 Å². The van der Waals surface area contributed by atoms with Gasteiger partial charge in [0.15, 0.2) is 5.78 Å². The van der Waals surface area contributed by atoms with E-state index in [4.69, 9.17) is 11.6 Å². The van der Waals surface area contributed by atoms with Crippen molar-refractivity contribution in [1.29, 1.82) is 0 Å². The third kappa shape index (κ3) is 4.68. The van der Waals surface area contributed by atoms with Crippen molar-refractivity contribution < 1.29 is 9.72 Å². The molecule has 5 nitrogen and oxygen atoms in total. The lowest BCUT2D eigenvalue weighted by atomic mass is 9.89. The molecule has 0 spiro atoms. The highest BCUT2D eigenvalue weighted by molar-refractivity contribution is 6.30. The minimum Gasteiger partial charge on any atom is -0.303 e. The highest BCUT2D eigenvalue weighted by Crippen LogP contribution is 2.23. The Morgan fingerprint density at radius 3 is 2.27 bits per heavy atom. The summed E-state index contributed by atoms with van der Waals surface area (Å²) in [6.45, 7) is 2.70. The van der Waals surface area contributed by atoms with Crippen molar-refractivity contribution in [3.63, 3.8) is 0 Å². The summed E-state index contributed by atoms with van der Waals surface area (Å²) >= 11 is 5.88. The lowest BCUT2D eigenvalue weighted by Crippen LogP contribution is -2.37. The SMILES string of the molecule is O=C(c1ccc(Cl)cc1)C1CCN(CCc2ccc([N+](=O)[O-])cc2)CC1. The largest absolute Gasteiger partial charge is 0.303 e. The van der Waals surface area contributed by atoms with Gasteiger partial charge in [0.05, 0.1) is 4.92 Å². The second kappa shape index (κ2) is 8.43. The van der Waals surface area contributed by atoms with Crippen LogP contribution in [-0.2, 0) is 6.42 Å². The third-order valence-electron chi connectivity index (χ3n) is 4.95. The van der Waals surface area contributed by atoms with Crippen LogP contribution >= 0.6 is 11.6 Å². The van der Waals surface area contributed by atoms with Gasteiger partial charge in [0.25, 0.3) is 5.69 Å². The van der Waals surface area contributed by atoms with E-state index in [1.807, 2.05) is 12.1 Å². The number of carbonyl (C=O) groups excluding carboxylic acids is 1. The van der Waals surface area contributed by atoms with Gasteiger partial charge in [-0.25, -0.2) is 0 Å². The Morgan fingerprint density at radius 1 is 1.08 bits per heavy atom. The molecule has 3 rings (SSSR count). The van der Waals surface area contributed by atoms with E-state index in [0.29, 0.717) is 5.02 Å². The van der Waals surface area contributed by atoms with Crippen LogP contribution in [0.25, 0.3) is 0 Å². The molecule has 1 fully saturated rings. The first-order valence-corrected chi connectivity index (χ1v) is 9.16. The molecular formula is C20H21ClN2O3. The number of hydrogen-bond donors (Lipinski definition) is 0. The van der Waals surface area contributed by atoms with E-state index in [1.54, 1.807) is 36.4 Å². The summed E-state index contributed by atoms with van der Waals surface area (Å²) in [5.74, 6) is 0.281. The Bertz CT molecular complexity index is 767. The molecule has 0 unspecified atom stereocenters. The number of nitro benzene ring substituents is 1. The second-order valence-electron chi connectivity index (χ2n) is 6.66. The molecule has 0 amide bonds. The Hall–Kier alpha value is -2.24. The van der Waals surface area contributed by atoms with E-state index in [0.717, 1.165) is 50.0 Å². The lowest BCUT2D eigenvalue weighted by Gasteiger charge is -2.31. The number of Topliss-reactive ketones (excluding diaryl/α,β-unsaturated/α-hetero) is 1. The van der Waals surface area contributed by atoms with Gasteiger partial charge in [-0.2, -0.15) is 0 Å². The van der Waals surface area contributed by atoms with Crippen LogP contribution in [0.15, 0.2) is 48.5 Å². The number of benzene rings is 2. The number of halogens is 1. The number of ketones is 1. The Morgan fingerprint density at radius 2 is 1.69 bits per heavy atom. The number of non-ortho nitro benzene ring substituents is 1. The fourth-order valence-electron chi connectivity index (χ4n) is 3.34. The highest BCUT2D eigenvalue weighted by atomic mass is 35.5. The molecule has 1 heterocycles. The predicted octanol–water partition coefficient (Wildman–Crippen LogP) is 4.39. The zero-order chi connectivity index (χ0) is 18.5. The van der Waals surface area contributed by atoms with Crippen LogP contribution in [0.4, 0.5) is 5.69 Å². The molecule has 0 atom stereocenters. The van der Waals surface area contributed by atoms with Gasteiger partial charge in [0.1, 0.15) is 0 Å². The molecule has 2 aromatic rings. The maximum atomic E-state index is 12.6. The van der Waals surface area contributed by atoms with Crippen molar-refractivity contribution in [2.24, 2.45) is 5.92 Å². The molecule has 1 aliphatic rings.